The minimum absolute atomic E-state index is 0.251. The van der Waals surface area contributed by atoms with E-state index in [1.807, 2.05) is 0 Å². The molecule has 106 valence electrons. The van der Waals surface area contributed by atoms with E-state index in [-0.39, 0.29) is 11.8 Å². The summed E-state index contributed by atoms with van der Waals surface area (Å²) >= 11 is 0. The molecule has 2 aliphatic rings. The molecule has 2 rings (SSSR count). The van der Waals surface area contributed by atoms with Gasteiger partial charge in [0.15, 0.2) is 5.79 Å². The molecule has 0 aromatic rings. The number of nitrogens with zero attached hydrogens (tertiary/aromatic N) is 1. The van der Waals surface area contributed by atoms with Gasteiger partial charge in [-0.1, -0.05) is 13.8 Å². The standard InChI is InChI=1S/C14H28N2O2/c1-11(2)5-7-16(3)13-10-14(6-4-12(13)15)17-8-9-18-14/h11-13H,4-10,15H2,1-3H3. The summed E-state index contributed by atoms with van der Waals surface area (Å²) in [4.78, 5) is 2.40. The lowest BCUT2D eigenvalue weighted by atomic mass is 9.85. The van der Waals surface area contributed by atoms with Crippen LogP contribution >= 0.6 is 0 Å². The third-order valence-electron chi connectivity index (χ3n) is 4.31. The van der Waals surface area contributed by atoms with Gasteiger partial charge in [0, 0.05) is 24.9 Å². The molecule has 1 saturated heterocycles. The quantitative estimate of drug-likeness (QED) is 0.830. The zero-order valence-corrected chi connectivity index (χ0v) is 12.0. The molecule has 0 radical (unpaired) electrons. The fourth-order valence-electron chi connectivity index (χ4n) is 3.02. The first-order chi connectivity index (χ1) is 8.52. The topological polar surface area (TPSA) is 47.7 Å². The van der Waals surface area contributed by atoms with Gasteiger partial charge in [-0.25, -0.2) is 0 Å². The zero-order chi connectivity index (χ0) is 13.2. The van der Waals surface area contributed by atoms with E-state index in [0.717, 1.165) is 44.9 Å². The highest BCUT2D eigenvalue weighted by Crippen LogP contribution is 2.37. The van der Waals surface area contributed by atoms with Gasteiger partial charge in [-0.05, 0) is 32.4 Å². The maximum Gasteiger partial charge on any atom is 0.170 e. The summed E-state index contributed by atoms with van der Waals surface area (Å²) in [5.41, 5.74) is 6.28. The molecule has 2 atom stereocenters. The average Bonchev–Trinajstić information content (AvgIpc) is 2.78. The van der Waals surface area contributed by atoms with E-state index in [1.54, 1.807) is 0 Å². The second-order valence-electron chi connectivity index (χ2n) is 6.24. The average molecular weight is 256 g/mol. The number of hydrogen-bond acceptors (Lipinski definition) is 4. The molecule has 1 aliphatic heterocycles. The number of ether oxygens (including phenoxy) is 2. The van der Waals surface area contributed by atoms with Gasteiger partial charge in [-0.3, -0.25) is 0 Å². The molecule has 1 heterocycles. The third-order valence-corrected chi connectivity index (χ3v) is 4.31. The van der Waals surface area contributed by atoms with Crippen molar-refractivity contribution in [3.63, 3.8) is 0 Å². The van der Waals surface area contributed by atoms with Crippen LogP contribution in [0.5, 0.6) is 0 Å². The van der Waals surface area contributed by atoms with Crippen LogP contribution in [0.2, 0.25) is 0 Å². The Kier molecular flexibility index (Phi) is 4.64. The van der Waals surface area contributed by atoms with Gasteiger partial charge in [0.1, 0.15) is 0 Å². The molecular formula is C14H28N2O2. The molecule has 1 saturated carbocycles. The lowest BCUT2D eigenvalue weighted by Crippen LogP contribution is -2.55. The zero-order valence-electron chi connectivity index (χ0n) is 12.0. The highest BCUT2D eigenvalue weighted by Gasteiger charge is 2.45. The number of nitrogens with two attached hydrogens (primary N) is 1. The smallest absolute Gasteiger partial charge is 0.170 e. The highest BCUT2D eigenvalue weighted by atomic mass is 16.7. The molecule has 0 aromatic heterocycles. The van der Waals surface area contributed by atoms with Crippen molar-refractivity contribution < 1.29 is 9.47 Å². The van der Waals surface area contributed by atoms with Crippen molar-refractivity contribution >= 4 is 0 Å². The van der Waals surface area contributed by atoms with Gasteiger partial charge in [0.05, 0.1) is 13.2 Å². The molecule has 2 unspecified atom stereocenters. The van der Waals surface area contributed by atoms with E-state index in [9.17, 15) is 0 Å². The van der Waals surface area contributed by atoms with Gasteiger partial charge >= 0.3 is 0 Å². The molecule has 0 amide bonds. The van der Waals surface area contributed by atoms with Gasteiger partial charge in [0.2, 0.25) is 0 Å². The highest BCUT2D eigenvalue weighted by molar-refractivity contribution is 4.94. The molecule has 2 fully saturated rings. The largest absolute Gasteiger partial charge is 0.347 e. The van der Waals surface area contributed by atoms with Gasteiger partial charge < -0.3 is 20.1 Å². The van der Waals surface area contributed by atoms with Gasteiger partial charge in [0.25, 0.3) is 0 Å². The number of hydrogen-bond donors (Lipinski definition) is 1. The second kappa shape index (κ2) is 5.87. The van der Waals surface area contributed by atoms with Crippen molar-refractivity contribution in [3.05, 3.63) is 0 Å². The lowest BCUT2D eigenvalue weighted by molar-refractivity contribution is -0.190. The number of likely N-dealkylation sites (N-methyl/N-ethyl adjacent to an activating group) is 1. The summed E-state index contributed by atoms with van der Waals surface area (Å²) in [6, 6.07) is 0.635. The van der Waals surface area contributed by atoms with Crippen LogP contribution in [0, 0.1) is 5.92 Å². The van der Waals surface area contributed by atoms with Crippen LogP contribution in [0.1, 0.15) is 39.5 Å². The Balaban J connectivity index is 1.92. The number of rotatable bonds is 4. The van der Waals surface area contributed by atoms with Crippen LogP contribution in [0.3, 0.4) is 0 Å². The van der Waals surface area contributed by atoms with Crippen LogP contribution in [0.4, 0.5) is 0 Å². The van der Waals surface area contributed by atoms with E-state index in [0.29, 0.717) is 6.04 Å². The maximum atomic E-state index is 6.28. The Morgan fingerprint density at radius 1 is 1.33 bits per heavy atom. The summed E-state index contributed by atoms with van der Waals surface area (Å²) in [6.45, 7) is 7.10. The Morgan fingerprint density at radius 3 is 2.61 bits per heavy atom. The molecule has 1 aliphatic carbocycles. The Morgan fingerprint density at radius 2 is 2.00 bits per heavy atom. The van der Waals surface area contributed by atoms with Crippen LogP contribution < -0.4 is 5.73 Å². The predicted molar refractivity (Wildman–Crippen MR) is 72.3 cm³/mol. The van der Waals surface area contributed by atoms with Crippen molar-refractivity contribution in [1.82, 2.24) is 4.90 Å². The fourth-order valence-corrected chi connectivity index (χ4v) is 3.02. The van der Waals surface area contributed by atoms with Crippen LogP contribution in [-0.2, 0) is 9.47 Å². The first-order valence-corrected chi connectivity index (χ1v) is 7.26. The summed E-state index contributed by atoms with van der Waals surface area (Å²) in [6.07, 6.45) is 4.08. The second-order valence-corrected chi connectivity index (χ2v) is 6.24. The summed E-state index contributed by atoms with van der Waals surface area (Å²) in [7, 11) is 2.18. The Hall–Kier alpha value is -0.160. The molecule has 18 heavy (non-hydrogen) atoms. The first-order valence-electron chi connectivity index (χ1n) is 7.26. The van der Waals surface area contributed by atoms with Crippen molar-refractivity contribution in [2.75, 3.05) is 26.8 Å². The monoisotopic (exact) mass is 256 g/mol. The minimum atomic E-state index is -0.327. The van der Waals surface area contributed by atoms with Gasteiger partial charge in [-0.15, -0.1) is 0 Å². The summed E-state index contributed by atoms with van der Waals surface area (Å²) in [5.74, 6) is 0.410. The minimum Gasteiger partial charge on any atom is -0.347 e. The van der Waals surface area contributed by atoms with E-state index in [1.165, 1.54) is 6.42 Å². The van der Waals surface area contributed by atoms with Crippen LogP contribution in [0.25, 0.3) is 0 Å². The predicted octanol–water partition coefficient (Wildman–Crippen LogP) is 1.59. The molecule has 1 spiro atoms. The molecule has 2 N–H and O–H groups in total. The molecular weight excluding hydrogens is 228 g/mol. The normalized spacial score (nSPS) is 31.7. The Bertz CT molecular complexity index is 265. The first kappa shape index (κ1) is 14.3. The SMILES string of the molecule is CC(C)CCN(C)C1CC2(CCC1N)OCCO2. The fraction of sp³-hybridized carbons (Fsp3) is 1.00. The third kappa shape index (κ3) is 3.23. The van der Waals surface area contributed by atoms with E-state index >= 15 is 0 Å². The molecule has 0 aromatic carbocycles. The van der Waals surface area contributed by atoms with Crippen molar-refractivity contribution in [3.8, 4) is 0 Å². The van der Waals surface area contributed by atoms with Crippen molar-refractivity contribution in [2.24, 2.45) is 11.7 Å². The van der Waals surface area contributed by atoms with E-state index < -0.39 is 0 Å². The maximum absolute atomic E-state index is 6.28. The summed E-state index contributed by atoms with van der Waals surface area (Å²) < 4.78 is 11.7. The van der Waals surface area contributed by atoms with Crippen LogP contribution in [0.15, 0.2) is 0 Å². The van der Waals surface area contributed by atoms with Crippen LogP contribution in [-0.4, -0.2) is 49.6 Å². The Labute approximate surface area is 111 Å². The van der Waals surface area contributed by atoms with E-state index in [4.69, 9.17) is 15.2 Å². The van der Waals surface area contributed by atoms with E-state index in [2.05, 4.69) is 25.8 Å². The van der Waals surface area contributed by atoms with Crippen molar-refractivity contribution in [1.29, 1.82) is 0 Å². The van der Waals surface area contributed by atoms with Crippen molar-refractivity contribution in [2.45, 2.75) is 57.4 Å². The molecule has 0 bridgehead atoms. The summed E-state index contributed by atoms with van der Waals surface area (Å²) in [5, 5.41) is 0. The molecule has 4 nitrogen and oxygen atoms in total. The lowest BCUT2D eigenvalue weighted by Gasteiger charge is -2.43. The molecule has 4 heteroatoms. The van der Waals surface area contributed by atoms with Gasteiger partial charge in [-0.2, -0.15) is 0 Å².